The van der Waals surface area contributed by atoms with Crippen molar-refractivity contribution in [3.8, 4) is 0 Å². The third kappa shape index (κ3) is 2.76. The highest BCUT2D eigenvalue weighted by Crippen LogP contribution is 2.16. The van der Waals surface area contributed by atoms with Crippen LogP contribution in [-0.4, -0.2) is 40.7 Å². The zero-order valence-corrected chi connectivity index (χ0v) is 8.97. The van der Waals surface area contributed by atoms with Gasteiger partial charge in [-0.3, -0.25) is 9.88 Å². The van der Waals surface area contributed by atoms with E-state index in [1.165, 1.54) is 12.0 Å². The molecule has 0 aromatic carbocycles. The molecule has 0 spiro atoms. The lowest BCUT2D eigenvalue weighted by Gasteiger charge is -2.22. The quantitative estimate of drug-likeness (QED) is 0.801. The van der Waals surface area contributed by atoms with Crippen LogP contribution in [-0.2, 0) is 6.42 Å². The molecule has 2 heterocycles. The van der Waals surface area contributed by atoms with Gasteiger partial charge in [0.15, 0.2) is 0 Å². The van der Waals surface area contributed by atoms with Crippen molar-refractivity contribution in [1.82, 2.24) is 9.88 Å². The van der Waals surface area contributed by atoms with Gasteiger partial charge in [-0.05, 0) is 37.4 Å². The van der Waals surface area contributed by atoms with Gasteiger partial charge in [-0.2, -0.15) is 0 Å². The number of pyridine rings is 1. The molecule has 1 aromatic rings. The number of rotatable bonds is 4. The molecular formula is C12H18N2O. The highest BCUT2D eigenvalue weighted by atomic mass is 16.3. The van der Waals surface area contributed by atoms with Gasteiger partial charge in [0.25, 0.3) is 0 Å². The van der Waals surface area contributed by atoms with Crippen LogP contribution in [0.5, 0.6) is 0 Å². The molecule has 1 atom stereocenters. The Morgan fingerprint density at radius 3 is 3.20 bits per heavy atom. The van der Waals surface area contributed by atoms with E-state index in [1.807, 2.05) is 12.3 Å². The molecule has 0 bridgehead atoms. The van der Waals surface area contributed by atoms with E-state index in [-0.39, 0.29) is 0 Å². The van der Waals surface area contributed by atoms with Gasteiger partial charge in [-0.15, -0.1) is 0 Å². The molecule has 82 valence electrons. The van der Waals surface area contributed by atoms with Crippen molar-refractivity contribution in [2.24, 2.45) is 0 Å². The van der Waals surface area contributed by atoms with Gasteiger partial charge in [0, 0.05) is 25.0 Å². The predicted molar refractivity (Wildman–Crippen MR) is 59.6 cm³/mol. The van der Waals surface area contributed by atoms with E-state index in [1.54, 1.807) is 6.20 Å². The van der Waals surface area contributed by atoms with Crippen molar-refractivity contribution in [1.29, 1.82) is 0 Å². The van der Waals surface area contributed by atoms with Crippen molar-refractivity contribution in [3.63, 3.8) is 0 Å². The molecule has 0 aliphatic carbocycles. The van der Waals surface area contributed by atoms with E-state index >= 15 is 0 Å². The molecule has 1 aliphatic rings. The third-order valence-electron chi connectivity index (χ3n) is 3.12. The standard InChI is InChI=1S/C12H18N2O/c15-10-12-4-2-7-14(12)8-5-11-3-1-6-13-9-11/h1,3,6,9,12,15H,2,4-5,7-8,10H2/t12-/m1/s1. The summed E-state index contributed by atoms with van der Waals surface area (Å²) in [4.78, 5) is 6.48. The number of aliphatic hydroxyl groups is 1. The van der Waals surface area contributed by atoms with Crippen LogP contribution < -0.4 is 0 Å². The first-order chi connectivity index (χ1) is 7.40. The van der Waals surface area contributed by atoms with E-state index in [2.05, 4.69) is 16.0 Å². The SMILES string of the molecule is OC[C@H]1CCCN1CCc1cccnc1. The van der Waals surface area contributed by atoms with E-state index in [4.69, 9.17) is 0 Å². The molecule has 3 nitrogen and oxygen atoms in total. The monoisotopic (exact) mass is 206 g/mol. The number of hydrogen-bond donors (Lipinski definition) is 1. The van der Waals surface area contributed by atoms with Crippen LogP contribution in [0, 0.1) is 0 Å². The van der Waals surface area contributed by atoms with E-state index < -0.39 is 0 Å². The fraction of sp³-hybridized carbons (Fsp3) is 0.583. The average molecular weight is 206 g/mol. The maximum atomic E-state index is 9.18. The minimum absolute atomic E-state index is 0.299. The molecule has 0 radical (unpaired) electrons. The first-order valence-electron chi connectivity index (χ1n) is 5.64. The summed E-state index contributed by atoms with van der Waals surface area (Å²) in [5, 5.41) is 9.18. The Hall–Kier alpha value is -0.930. The molecule has 0 unspecified atom stereocenters. The Balaban J connectivity index is 1.83. The van der Waals surface area contributed by atoms with Crippen LogP contribution in [0.2, 0.25) is 0 Å². The van der Waals surface area contributed by atoms with E-state index in [9.17, 15) is 5.11 Å². The Kier molecular flexibility index (Phi) is 3.69. The normalized spacial score (nSPS) is 22.1. The second kappa shape index (κ2) is 5.24. The maximum absolute atomic E-state index is 9.18. The van der Waals surface area contributed by atoms with Crippen molar-refractivity contribution < 1.29 is 5.11 Å². The largest absolute Gasteiger partial charge is 0.395 e. The highest BCUT2D eigenvalue weighted by Gasteiger charge is 2.22. The van der Waals surface area contributed by atoms with Crippen LogP contribution in [0.25, 0.3) is 0 Å². The second-order valence-electron chi connectivity index (χ2n) is 4.13. The second-order valence-corrected chi connectivity index (χ2v) is 4.13. The first-order valence-corrected chi connectivity index (χ1v) is 5.64. The van der Waals surface area contributed by atoms with Crippen LogP contribution >= 0.6 is 0 Å². The molecule has 1 fully saturated rings. The molecule has 1 aromatic heterocycles. The number of nitrogens with zero attached hydrogens (tertiary/aromatic N) is 2. The first kappa shape index (κ1) is 10.6. The minimum atomic E-state index is 0.299. The molecular weight excluding hydrogens is 188 g/mol. The summed E-state index contributed by atoms with van der Waals surface area (Å²) in [6.45, 7) is 2.47. The molecule has 0 saturated carbocycles. The molecule has 2 rings (SSSR count). The zero-order valence-electron chi connectivity index (χ0n) is 8.97. The predicted octanol–water partition coefficient (Wildman–Crippen LogP) is 1.08. The van der Waals surface area contributed by atoms with Crippen molar-refractivity contribution in [2.45, 2.75) is 25.3 Å². The van der Waals surface area contributed by atoms with Crippen molar-refractivity contribution >= 4 is 0 Å². The van der Waals surface area contributed by atoms with Crippen molar-refractivity contribution in [3.05, 3.63) is 30.1 Å². The van der Waals surface area contributed by atoms with Gasteiger partial charge in [0.05, 0.1) is 6.61 Å². The van der Waals surface area contributed by atoms with Gasteiger partial charge in [0.1, 0.15) is 0 Å². The molecule has 0 amide bonds. The third-order valence-corrected chi connectivity index (χ3v) is 3.12. The number of aliphatic hydroxyl groups excluding tert-OH is 1. The van der Waals surface area contributed by atoms with Gasteiger partial charge < -0.3 is 5.11 Å². The van der Waals surface area contributed by atoms with Crippen LogP contribution in [0.15, 0.2) is 24.5 Å². The van der Waals surface area contributed by atoms with Crippen LogP contribution in [0.1, 0.15) is 18.4 Å². The number of aromatic nitrogens is 1. The number of hydrogen-bond acceptors (Lipinski definition) is 3. The van der Waals surface area contributed by atoms with Crippen molar-refractivity contribution in [2.75, 3.05) is 19.7 Å². The zero-order chi connectivity index (χ0) is 10.5. The summed E-state index contributed by atoms with van der Waals surface area (Å²) in [6.07, 6.45) is 7.12. The van der Waals surface area contributed by atoms with E-state index in [0.29, 0.717) is 12.6 Å². The van der Waals surface area contributed by atoms with Gasteiger partial charge in [0.2, 0.25) is 0 Å². The Morgan fingerprint density at radius 2 is 2.47 bits per heavy atom. The van der Waals surface area contributed by atoms with Crippen LogP contribution in [0.3, 0.4) is 0 Å². The summed E-state index contributed by atoms with van der Waals surface area (Å²) < 4.78 is 0. The summed E-state index contributed by atoms with van der Waals surface area (Å²) in [7, 11) is 0. The fourth-order valence-electron chi connectivity index (χ4n) is 2.21. The summed E-state index contributed by atoms with van der Waals surface area (Å²) >= 11 is 0. The highest BCUT2D eigenvalue weighted by molar-refractivity contribution is 5.08. The number of likely N-dealkylation sites (tertiary alicyclic amines) is 1. The summed E-state index contributed by atoms with van der Waals surface area (Å²) in [5.41, 5.74) is 1.28. The maximum Gasteiger partial charge on any atom is 0.0586 e. The smallest absolute Gasteiger partial charge is 0.0586 e. The van der Waals surface area contributed by atoms with Gasteiger partial charge in [-0.25, -0.2) is 0 Å². The Labute approximate surface area is 90.8 Å². The topological polar surface area (TPSA) is 36.4 Å². The molecule has 1 N–H and O–H groups in total. The van der Waals surface area contributed by atoms with Gasteiger partial charge in [-0.1, -0.05) is 6.07 Å². The average Bonchev–Trinajstić information content (AvgIpc) is 2.75. The Bertz CT molecular complexity index is 289. The van der Waals surface area contributed by atoms with E-state index in [0.717, 1.165) is 25.9 Å². The lowest BCUT2D eigenvalue weighted by atomic mass is 10.2. The molecule has 1 saturated heterocycles. The molecule has 1 aliphatic heterocycles. The molecule has 3 heteroatoms. The van der Waals surface area contributed by atoms with Gasteiger partial charge >= 0.3 is 0 Å². The lowest BCUT2D eigenvalue weighted by Crippen LogP contribution is -2.33. The minimum Gasteiger partial charge on any atom is -0.395 e. The molecule has 15 heavy (non-hydrogen) atoms. The lowest BCUT2D eigenvalue weighted by molar-refractivity contribution is 0.160. The fourth-order valence-corrected chi connectivity index (χ4v) is 2.21. The Morgan fingerprint density at radius 1 is 1.53 bits per heavy atom. The van der Waals surface area contributed by atoms with Crippen LogP contribution in [0.4, 0.5) is 0 Å². The summed E-state index contributed by atoms with van der Waals surface area (Å²) in [6, 6.07) is 4.47. The summed E-state index contributed by atoms with van der Waals surface area (Å²) in [5.74, 6) is 0.